The smallest absolute Gasteiger partial charge is 0.159 e. The Bertz CT molecular complexity index is 624. The molecule has 0 radical (unpaired) electrons. The summed E-state index contributed by atoms with van der Waals surface area (Å²) in [6, 6.07) is 3.98. The monoisotopic (exact) mass is 294 g/mol. The summed E-state index contributed by atoms with van der Waals surface area (Å²) in [5.41, 5.74) is 1.79. The van der Waals surface area contributed by atoms with Crippen LogP contribution >= 0.6 is 11.3 Å². The van der Waals surface area contributed by atoms with Crippen molar-refractivity contribution in [2.24, 2.45) is 0 Å². The Labute approximate surface area is 120 Å². The minimum absolute atomic E-state index is 0.430. The summed E-state index contributed by atoms with van der Waals surface area (Å²) in [5.74, 6) is -1.20. The third-order valence-corrected chi connectivity index (χ3v) is 4.87. The number of halogens is 2. The molecule has 0 amide bonds. The largest absolute Gasteiger partial charge is 0.319 e. The van der Waals surface area contributed by atoms with Gasteiger partial charge < -0.3 is 5.32 Å². The number of nitrogens with one attached hydrogen (secondary N) is 1. The zero-order valence-electron chi connectivity index (χ0n) is 11.2. The van der Waals surface area contributed by atoms with Crippen LogP contribution in [-0.2, 0) is 6.42 Å². The van der Waals surface area contributed by atoms with Gasteiger partial charge in [-0.1, -0.05) is 0 Å². The molecule has 3 rings (SSSR count). The lowest BCUT2D eigenvalue weighted by Gasteiger charge is -2.20. The lowest BCUT2D eigenvalue weighted by molar-refractivity contribution is 0.509. The second kappa shape index (κ2) is 5.58. The van der Waals surface area contributed by atoms with Crippen molar-refractivity contribution in [3.05, 3.63) is 40.4 Å². The standard InChI is InChI=1S/C15H16F2N2S/c1-18-8-10-3-2-4-13-14(10)19-15(20-13)9-5-6-11(16)12(17)7-9/h5-7,10,18H,2-4,8H2,1H3. The van der Waals surface area contributed by atoms with Crippen molar-refractivity contribution in [3.63, 3.8) is 0 Å². The predicted molar refractivity (Wildman–Crippen MR) is 77.1 cm³/mol. The van der Waals surface area contributed by atoms with Crippen molar-refractivity contribution >= 4 is 11.3 Å². The van der Waals surface area contributed by atoms with Crippen LogP contribution in [0.15, 0.2) is 18.2 Å². The molecule has 1 atom stereocenters. The Morgan fingerprint density at radius 2 is 2.20 bits per heavy atom. The summed E-state index contributed by atoms with van der Waals surface area (Å²) in [4.78, 5) is 5.97. The Hall–Kier alpha value is -1.33. The average molecular weight is 294 g/mol. The van der Waals surface area contributed by atoms with Crippen molar-refractivity contribution in [2.45, 2.75) is 25.2 Å². The molecule has 0 aliphatic heterocycles. The first-order valence-electron chi connectivity index (χ1n) is 6.78. The Kier molecular flexibility index (Phi) is 3.81. The van der Waals surface area contributed by atoms with Crippen molar-refractivity contribution < 1.29 is 8.78 Å². The second-order valence-electron chi connectivity index (χ2n) is 5.10. The molecule has 2 aromatic rings. The molecule has 0 saturated carbocycles. The first kappa shape index (κ1) is 13.6. The van der Waals surface area contributed by atoms with E-state index in [2.05, 4.69) is 10.3 Å². The topological polar surface area (TPSA) is 24.9 Å². The number of nitrogens with zero attached hydrogens (tertiary/aromatic N) is 1. The highest BCUT2D eigenvalue weighted by molar-refractivity contribution is 7.15. The number of aryl methyl sites for hydroxylation is 1. The zero-order chi connectivity index (χ0) is 14.1. The van der Waals surface area contributed by atoms with Gasteiger partial charge >= 0.3 is 0 Å². The molecule has 1 aromatic heterocycles. The maximum atomic E-state index is 13.3. The SMILES string of the molecule is CNCC1CCCc2sc(-c3ccc(F)c(F)c3)nc21. The molecule has 106 valence electrons. The predicted octanol–water partition coefficient (Wildman–Crippen LogP) is 3.73. The maximum absolute atomic E-state index is 13.3. The zero-order valence-corrected chi connectivity index (χ0v) is 12.1. The average Bonchev–Trinajstić information content (AvgIpc) is 2.87. The van der Waals surface area contributed by atoms with Crippen LogP contribution in [0.2, 0.25) is 0 Å². The van der Waals surface area contributed by atoms with Crippen molar-refractivity contribution in [1.82, 2.24) is 10.3 Å². The lowest BCUT2D eigenvalue weighted by Crippen LogP contribution is -2.20. The van der Waals surface area contributed by atoms with Crippen LogP contribution in [0.4, 0.5) is 8.78 Å². The highest BCUT2D eigenvalue weighted by Crippen LogP contribution is 2.38. The molecule has 1 aromatic carbocycles. The first-order valence-corrected chi connectivity index (χ1v) is 7.60. The quantitative estimate of drug-likeness (QED) is 0.933. The summed E-state index contributed by atoms with van der Waals surface area (Å²) < 4.78 is 26.3. The van der Waals surface area contributed by atoms with E-state index in [9.17, 15) is 8.78 Å². The number of thiazole rings is 1. The van der Waals surface area contributed by atoms with Crippen LogP contribution in [0.3, 0.4) is 0 Å². The van der Waals surface area contributed by atoms with Crippen molar-refractivity contribution in [1.29, 1.82) is 0 Å². The van der Waals surface area contributed by atoms with Gasteiger partial charge in [0.25, 0.3) is 0 Å². The summed E-state index contributed by atoms with van der Waals surface area (Å²) in [7, 11) is 1.94. The molecular formula is C15H16F2N2S. The molecule has 0 fully saturated rings. The van der Waals surface area contributed by atoms with Gasteiger partial charge in [0.1, 0.15) is 5.01 Å². The molecule has 0 bridgehead atoms. The fourth-order valence-corrected chi connectivity index (χ4v) is 3.89. The number of fused-ring (bicyclic) bond motifs is 1. The van der Waals surface area contributed by atoms with Crippen LogP contribution in [0.5, 0.6) is 0 Å². The van der Waals surface area contributed by atoms with Gasteiger partial charge in [-0.15, -0.1) is 11.3 Å². The molecular weight excluding hydrogens is 278 g/mol. The van der Waals surface area contributed by atoms with Gasteiger partial charge in [0, 0.05) is 22.9 Å². The van der Waals surface area contributed by atoms with Crippen LogP contribution in [0.1, 0.15) is 29.3 Å². The van der Waals surface area contributed by atoms with E-state index in [1.165, 1.54) is 17.4 Å². The fraction of sp³-hybridized carbons (Fsp3) is 0.400. The van der Waals surface area contributed by atoms with Crippen molar-refractivity contribution in [2.75, 3.05) is 13.6 Å². The minimum atomic E-state index is -0.817. The molecule has 20 heavy (non-hydrogen) atoms. The van der Waals surface area contributed by atoms with E-state index in [4.69, 9.17) is 0 Å². The van der Waals surface area contributed by atoms with E-state index in [0.29, 0.717) is 11.5 Å². The number of likely N-dealkylation sites (N-methyl/N-ethyl adjacent to an activating group) is 1. The van der Waals surface area contributed by atoms with Crippen molar-refractivity contribution in [3.8, 4) is 10.6 Å². The van der Waals surface area contributed by atoms with Crippen LogP contribution in [0, 0.1) is 11.6 Å². The normalized spacial score (nSPS) is 18.1. The number of rotatable bonds is 3. The highest BCUT2D eigenvalue weighted by Gasteiger charge is 2.24. The van der Waals surface area contributed by atoms with E-state index >= 15 is 0 Å². The Morgan fingerprint density at radius 3 is 2.95 bits per heavy atom. The first-order chi connectivity index (χ1) is 9.69. The third-order valence-electron chi connectivity index (χ3n) is 3.69. The Balaban J connectivity index is 1.97. The van der Waals surface area contributed by atoms with E-state index in [1.54, 1.807) is 17.4 Å². The third kappa shape index (κ3) is 2.47. The molecule has 5 heteroatoms. The number of hydrogen-bond acceptors (Lipinski definition) is 3. The highest BCUT2D eigenvalue weighted by atomic mass is 32.1. The number of benzene rings is 1. The van der Waals surface area contributed by atoms with Gasteiger partial charge in [-0.25, -0.2) is 13.8 Å². The molecule has 0 spiro atoms. The van der Waals surface area contributed by atoms with Gasteiger partial charge in [0.15, 0.2) is 11.6 Å². The van der Waals surface area contributed by atoms with E-state index < -0.39 is 11.6 Å². The molecule has 2 nitrogen and oxygen atoms in total. The molecule has 1 aliphatic carbocycles. The summed E-state index contributed by atoms with van der Waals surface area (Å²) in [6.45, 7) is 0.911. The minimum Gasteiger partial charge on any atom is -0.319 e. The van der Waals surface area contributed by atoms with Crippen LogP contribution in [0.25, 0.3) is 10.6 Å². The van der Waals surface area contributed by atoms with Gasteiger partial charge in [-0.05, 0) is 44.5 Å². The summed E-state index contributed by atoms with van der Waals surface area (Å²) >= 11 is 1.60. The van der Waals surface area contributed by atoms with Gasteiger partial charge in [0.05, 0.1) is 5.69 Å². The molecule has 1 aliphatic rings. The van der Waals surface area contributed by atoms with E-state index in [1.807, 2.05) is 7.05 Å². The van der Waals surface area contributed by atoms with Gasteiger partial charge in [-0.3, -0.25) is 0 Å². The number of hydrogen-bond donors (Lipinski definition) is 1. The second-order valence-corrected chi connectivity index (χ2v) is 6.19. The van der Waals surface area contributed by atoms with E-state index in [0.717, 1.165) is 36.2 Å². The van der Waals surface area contributed by atoms with Crippen LogP contribution < -0.4 is 5.32 Å². The summed E-state index contributed by atoms with van der Waals surface area (Å²) in [6.07, 6.45) is 3.34. The van der Waals surface area contributed by atoms with Crippen LogP contribution in [-0.4, -0.2) is 18.6 Å². The molecule has 1 heterocycles. The van der Waals surface area contributed by atoms with E-state index in [-0.39, 0.29) is 0 Å². The molecule has 1 N–H and O–H groups in total. The number of aromatic nitrogens is 1. The van der Waals surface area contributed by atoms with Gasteiger partial charge in [-0.2, -0.15) is 0 Å². The lowest BCUT2D eigenvalue weighted by atomic mass is 9.91. The fourth-order valence-electron chi connectivity index (χ4n) is 2.71. The Morgan fingerprint density at radius 1 is 1.35 bits per heavy atom. The maximum Gasteiger partial charge on any atom is 0.159 e. The molecule has 1 unspecified atom stereocenters. The summed E-state index contributed by atoms with van der Waals surface area (Å²) in [5, 5.41) is 3.99. The molecule has 0 saturated heterocycles. The van der Waals surface area contributed by atoms with Gasteiger partial charge in [0.2, 0.25) is 0 Å².